The van der Waals surface area contributed by atoms with Gasteiger partial charge in [-0.3, -0.25) is 24.5 Å². The molecule has 7 aromatic rings. The summed E-state index contributed by atoms with van der Waals surface area (Å²) in [6, 6.07) is 24.3. The number of carbonyl (C=O) groups is 4. The second-order valence-electron chi connectivity index (χ2n) is 19.4. The van der Waals surface area contributed by atoms with Gasteiger partial charge in [0.1, 0.15) is 5.75 Å². The average molecular weight is 1100 g/mol. The minimum Gasteiger partial charge on any atom is -0.427 e. The van der Waals surface area contributed by atoms with Crippen LogP contribution < -0.4 is 10.1 Å². The Morgan fingerprint density at radius 3 is 1.86 bits per heavy atom. The molecule has 1 aliphatic heterocycles. The molecule has 0 fully saturated rings. The van der Waals surface area contributed by atoms with Crippen LogP contribution in [0.1, 0.15) is 143 Å². The summed E-state index contributed by atoms with van der Waals surface area (Å²) in [5.41, 5.74) is 11.0. The van der Waals surface area contributed by atoms with E-state index in [1.807, 2.05) is 106 Å². The van der Waals surface area contributed by atoms with E-state index in [0.717, 1.165) is 62.1 Å². The zero-order valence-electron chi connectivity index (χ0n) is 46.4. The number of ether oxygens (including phenoxy) is 1. The fourth-order valence-electron chi connectivity index (χ4n) is 10.8. The fraction of sp³-hybridized carbons (Fsp3) is 0.266. The third-order valence-corrected chi connectivity index (χ3v) is 14.7. The van der Waals surface area contributed by atoms with Gasteiger partial charge in [-0.2, -0.15) is 26.3 Å². The first kappa shape index (κ1) is 59.5. The number of hydrogen-bond donors (Lipinski definition) is 2. The number of aldehydes is 1. The largest absolute Gasteiger partial charge is 0.792 e. The van der Waals surface area contributed by atoms with Gasteiger partial charge in [-0.1, -0.05) is 82.3 Å². The Balaban J connectivity index is 0.00000226. The van der Waals surface area contributed by atoms with Crippen LogP contribution in [-0.4, -0.2) is 47.4 Å². The van der Waals surface area contributed by atoms with Crippen LogP contribution in [0.4, 0.5) is 30.7 Å². The third kappa shape index (κ3) is 11.5. The molecule has 0 atom stereocenters. The highest BCUT2D eigenvalue weighted by molar-refractivity contribution is 6.21. The Hall–Kier alpha value is -8.14. The van der Waals surface area contributed by atoms with Crippen LogP contribution in [0, 0.1) is 27.7 Å². The van der Waals surface area contributed by atoms with E-state index in [1.165, 1.54) is 10.6 Å². The van der Waals surface area contributed by atoms with Crippen LogP contribution in [0.25, 0.3) is 49.7 Å². The van der Waals surface area contributed by atoms with Crippen LogP contribution >= 0.6 is 0 Å². The zero-order valence-corrected chi connectivity index (χ0v) is 46.4. The Bertz CT molecular complexity index is 3660. The van der Waals surface area contributed by atoms with Gasteiger partial charge < -0.3 is 9.72 Å². The number of hydrogen-bond acceptors (Lipinski definition) is 5. The molecular formula is C64H61BF7N3O5+. The number of benzene rings is 6. The molecule has 2 aliphatic rings. The van der Waals surface area contributed by atoms with E-state index in [1.54, 1.807) is 42.5 Å². The predicted molar refractivity (Wildman–Crippen MR) is 302 cm³/mol. The number of nitrogens with one attached hydrogen (secondary N) is 2. The van der Waals surface area contributed by atoms with E-state index in [0.29, 0.717) is 106 Å². The smallest absolute Gasteiger partial charge is 0.427 e. The Kier molecular flexibility index (Phi) is 17.9. The van der Waals surface area contributed by atoms with Gasteiger partial charge in [0.05, 0.1) is 22.4 Å². The maximum Gasteiger partial charge on any atom is 0.792 e. The number of carbonyl (C=O) groups excluding carboxylic acids is 4. The summed E-state index contributed by atoms with van der Waals surface area (Å²) in [6.45, 7) is 21.2. The summed E-state index contributed by atoms with van der Waals surface area (Å²) in [5, 5.41) is 3.37. The summed E-state index contributed by atoms with van der Waals surface area (Å²) in [5.74, 6) is -0.769. The number of amides is 2. The molecule has 9 rings (SSSR count). The molecule has 1 radical (unpaired) electrons. The number of aromatic amines is 1. The van der Waals surface area contributed by atoms with Crippen molar-refractivity contribution in [1.82, 2.24) is 10.3 Å². The minimum atomic E-state index is -5.03. The molecule has 0 saturated carbocycles. The van der Waals surface area contributed by atoms with E-state index < -0.39 is 35.4 Å². The molecule has 0 bridgehead atoms. The van der Waals surface area contributed by atoms with Gasteiger partial charge in [-0.05, 0) is 181 Å². The topological polar surface area (TPSA) is 108 Å². The van der Waals surface area contributed by atoms with Crippen LogP contribution in [0.3, 0.4) is 0 Å². The molecule has 2 heterocycles. The molecule has 0 unspecified atom stereocenters. The average Bonchev–Trinajstić information content (AvgIpc) is 3.95. The highest BCUT2D eigenvalue weighted by Crippen LogP contribution is 2.47. The van der Waals surface area contributed by atoms with E-state index in [-0.39, 0.29) is 35.6 Å². The van der Waals surface area contributed by atoms with Crippen molar-refractivity contribution in [3.8, 4) is 39.1 Å². The molecule has 0 saturated heterocycles. The van der Waals surface area contributed by atoms with Gasteiger partial charge in [0.25, 0.3) is 5.91 Å². The summed E-state index contributed by atoms with van der Waals surface area (Å²) in [6.07, 6.45) is -7.59. The monoisotopic (exact) mass is 1100 g/mol. The van der Waals surface area contributed by atoms with E-state index in [9.17, 15) is 49.8 Å². The van der Waals surface area contributed by atoms with Gasteiger partial charge in [0.15, 0.2) is 17.7 Å². The predicted octanol–water partition coefficient (Wildman–Crippen LogP) is 16.1. The number of alkyl halides is 6. The lowest BCUT2D eigenvalue weighted by Gasteiger charge is -2.25. The number of rotatable bonds is 13. The van der Waals surface area contributed by atoms with E-state index in [4.69, 9.17) is 4.74 Å². The zero-order chi connectivity index (χ0) is 58.7. The lowest BCUT2D eigenvalue weighted by Crippen LogP contribution is -2.22. The maximum absolute atomic E-state index is 14.7. The van der Waals surface area contributed by atoms with E-state index >= 15 is 0 Å². The number of esters is 1. The molecule has 80 heavy (non-hydrogen) atoms. The number of imide groups is 1. The molecule has 1 aromatic heterocycles. The minimum absolute atomic E-state index is 0.0918. The molecular weight excluding hydrogens is 1030 g/mol. The van der Waals surface area contributed by atoms with Crippen LogP contribution in [0.15, 0.2) is 114 Å². The summed E-state index contributed by atoms with van der Waals surface area (Å²) in [7, 11) is 0.540. The molecule has 2 amide bonds. The van der Waals surface area contributed by atoms with Crippen molar-refractivity contribution in [1.29, 1.82) is 0 Å². The normalized spacial score (nSPS) is 13.5. The van der Waals surface area contributed by atoms with Gasteiger partial charge >= 0.3 is 26.0 Å². The van der Waals surface area contributed by atoms with Crippen molar-refractivity contribution in [2.24, 2.45) is 0 Å². The third-order valence-electron chi connectivity index (χ3n) is 14.7. The first-order valence-electron chi connectivity index (χ1n) is 26.4. The van der Waals surface area contributed by atoms with Crippen molar-refractivity contribution in [3.05, 3.63) is 186 Å². The summed E-state index contributed by atoms with van der Waals surface area (Å²) in [4.78, 5) is 53.9. The number of aryl methyl sites for hydroxylation is 4. The van der Waals surface area contributed by atoms with Gasteiger partial charge in [0, 0.05) is 46.7 Å². The van der Waals surface area contributed by atoms with Crippen LogP contribution in [-0.2, 0) is 34.8 Å². The lowest BCUT2D eigenvalue weighted by atomic mass is 9.79. The summed E-state index contributed by atoms with van der Waals surface area (Å²) < 4.78 is 105. The number of aromatic nitrogens is 1. The molecule has 1 aliphatic carbocycles. The van der Waals surface area contributed by atoms with Gasteiger partial charge in [0.2, 0.25) is 6.41 Å². The van der Waals surface area contributed by atoms with E-state index in [2.05, 4.69) is 10.3 Å². The highest BCUT2D eigenvalue weighted by Gasteiger charge is 2.39. The standard InChI is InChI=1S/C60H49BF7N3O5.2C2H6/c1-30-21-45(22-31(2)52(30)55(56-34(5)50(28-72)35(6)70-56)57-33(4)32(3)36(7)71(57)61-68)76-51(74)10-8-9-37-11-13-38(14-12-37)46-19-20-47-49-26-39(42-24-43(59(62,63)64)27-44(25-42)60(65,66)67)15-16-40(49)23-41-17-18-48(54(46)53(41)47)58(75)69-29-73;2*1-2/h11-22,24-29,70H,8-10,23H2,1-7H3,(H,69,73,75);2*1-2H3/q+1;;. The van der Waals surface area contributed by atoms with Gasteiger partial charge in [-0.15, -0.1) is 0 Å². The molecule has 0 spiro atoms. The highest BCUT2D eigenvalue weighted by atomic mass is 19.4. The lowest BCUT2D eigenvalue weighted by molar-refractivity contribution is -0.320. The maximum atomic E-state index is 14.7. The Morgan fingerprint density at radius 1 is 0.688 bits per heavy atom. The number of H-pyrrole nitrogens is 1. The van der Waals surface area contributed by atoms with Crippen molar-refractivity contribution in [3.63, 3.8) is 0 Å². The Labute approximate surface area is 461 Å². The molecule has 2 N–H and O–H groups in total. The molecule has 413 valence electrons. The van der Waals surface area contributed by atoms with Crippen molar-refractivity contribution >= 4 is 54.3 Å². The fourth-order valence-corrected chi connectivity index (χ4v) is 10.8. The van der Waals surface area contributed by atoms with Crippen molar-refractivity contribution in [2.75, 3.05) is 0 Å². The van der Waals surface area contributed by atoms with Crippen LogP contribution in [0.5, 0.6) is 5.75 Å². The SMILES string of the molecule is CC.CC.CC1=C(C)/C(=C(/c2[nH]c(C)c(C=O)c2C)c2c(C)cc(OC(=O)CCCc3ccc(-c4ccc5c6c(ccc(C(=O)NC=O)c46)Cc4ccc(-c6cc(C(F)(F)F)cc(C(F)(F)F)c6)cc4-5)cc3)cc2C)[N+]([B]F)=C1C. The van der Waals surface area contributed by atoms with Crippen molar-refractivity contribution < 1.29 is 59.1 Å². The first-order chi connectivity index (χ1) is 38.0. The number of allylic oxidation sites excluding steroid dienone is 2. The summed E-state index contributed by atoms with van der Waals surface area (Å²) >= 11 is 0. The number of fused-ring (bicyclic) bond motifs is 2. The molecule has 8 nitrogen and oxygen atoms in total. The van der Waals surface area contributed by atoms with Crippen LogP contribution in [0.2, 0.25) is 0 Å². The number of nitrogens with zero attached hydrogens (tertiary/aromatic N) is 1. The molecule has 6 aromatic carbocycles. The first-order valence-corrected chi connectivity index (χ1v) is 26.4. The molecule has 16 heteroatoms. The Morgan fingerprint density at radius 2 is 1.29 bits per heavy atom. The second kappa shape index (κ2) is 24.1. The second-order valence-corrected chi connectivity index (χ2v) is 19.4. The quantitative estimate of drug-likeness (QED) is 0.0393. The van der Waals surface area contributed by atoms with Gasteiger partial charge in [-0.25, -0.2) is 8.80 Å². The van der Waals surface area contributed by atoms with Crippen molar-refractivity contribution in [2.45, 2.75) is 114 Å². The number of halogens is 7.